The average Bonchev–Trinajstić information content (AvgIpc) is 3.17. The zero-order chi connectivity index (χ0) is 17.5. The van der Waals surface area contributed by atoms with Crippen molar-refractivity contribution in [2.75, 3.05) is 19.6 Å². The van der Waals surface area contributed by atoms with Crippen molar-refractivity contribution >= 4 is 5.91 Å². The van der Waals surface area contributed by atoms with Gasteiger partial charge in [-0.3, -0.25) is 9.69 Å². The van der Waals surface area contributed by atoms with Crippen molar-refractivity contribution in [2.24, 2.45) is 5.92 Å². The van der Waals surface area contributed by atoms with Crippen LogP contribution in [0.2, 0.25) is 0 Å². The molecule has 3 rings (SSSR count). The zero-order valence-corrected chi connectivity index (χ0v) is 14.1. The number of rotatable bonds is 6. The normalized spacial score (nSPS) is 17.8. The van der Waals surface area contributed by atoms with E-state index in [1.807, 2.05) is 24.3 Å². The molecule has 2 aromatic rings. The van der Waals surface area contributed by atoms with E-state index in [-0.39, 0.29) is 11.7 Å². The number of hydrogen-bond donors (Lipinski definition) is 1. The Kier molecular flexibility index (Phi) is 5.81. The molecule has 0 saturated carbocycles. The number of nitriles is 1. The molecule has 0 radical (unpaired) electrons. The van der Waals surface area contributed by atoms with E-state index in [1.54, 1.807) is 0 Å². The van der Waals surface area contributed by atoms with Crippen LogP contribution >= 0.6 is 0 Å². The van der Waals surface area contributed by atoms with Crippen LogP contribution in [0.4, 0.5) is 0 Å². The second kappa shape index (κ2) is 8.45. The van der Waals surface area contributed by atoms with Gasteiger partial charge in [0.1, 0.15) is 0 Å². The van der Waals surface area contributed by atoms with E-state index in [0.717, 1.165) is 43.6 Å². The number of carbonyl (C=O) groups excluding carboxylic acids is 1. The van der Waals surface area contributed by atoms with E-state index in [0.29, 0.717) is 12.5 Å². The maximum absolute atomic E-state index is 11.8. The number of likely N-dealkylation sites (tertiary alicyclic amines) is 1. The van der Waals surface area contributed by atoms with Gasteiger partial charge in [0.05, 0.1) is 17.8 Å². The number of piperidine rings is 1. The highest BCUT2D eigenvalue weighted by Crippen LogP contribution is 2.22. The first kappa shape index (κ1) is 17.2. The Balaban J connectivity index is 1.46. The summed E-state index contributed by atoms with van der Waals surface area (Å²) < 4.78 is 4.99. The lowest BCUT2D eigenvalue weighted by Crippen LogP contribution is -2.36. The summed E-state index contributed by atoms with van der Waals surface area (Å²) in [5.41, 5.74) is 1.84. The molecule has 1 fully saturated rings. The molecule has 1 N–H and O–H groups in total. The van der Waals surface area contributed by atoms with Crippen LogP contribution in [0.25, 0.3) is 0 Å². The van der Waals surface area contributed by atoms with E-state index >= 15 is 0 Å². The van der Waals surface area contributed by atoms with E-state index in [9.17, 15) is 10.1 Å². The van der Waals surface area contributed by atoms with Gasteiger partial charge in [-0.25, -0.2) is 4.98 Å². The molecule has 1 amide bonds. The van der Waals surface area contributed by atoms with Crippen molar-refractivity contribution in [1.29, 1.82) is 5.26 Å². The van der Waals surface area contributed by atoms with Crippen molar-refractivity contribution < 1.29 is 9.21 Å². The fourth-order valence-electron chi connectivity index (χ4n) is 3.34. The minimum atomic E-state index is -0.215. The van der Waals surface area contributed by atoms with Crippen LogP contribution in [0, 0.1) is 17.2 Å². The predicted octanol–water partition coefficient (Wildman–Crippen LogP) is 2.58. The summed E-state index contributed by atoms with van der Waals surface area (Å²) in [5, 5.41) is 12.1. The predicted molar refractivity (Wildman–Crippen MR) is 92.6 cm³/mol. The average molecular weight is 338 g/mol. The van der Waals surface area contributed by atoms with E-state index in [4.69, 9.17) is 4.42 Å². The van der Waals surface area contributed by atoms with Crippen molar-refractivity contribution in [2.45, 2.75) is 25.8 Å². The molecule has 1 aliphatic rings. The smallest absolute Gasteiger partial charge is 0.288 e. The third-order valence-corrected chi connectivity index (χ3v) is 4.63. The lowest BCUT2D eigenvalue weighted by atomic mass is 9.94. The van der Waals surface area contributed by atoms with Gasteiger partial charge in [-0.15, -0.1) is 0 Å². The topological polar surface area (TPSA) is 82.2 Å². The van der Waals surface area contributed by atoms with Crippen LogP contribution in [-0.4, -0.2) is 35.4 Å². The minimum absolute atomic E-state index is 0.215. The van der Waals surface area contributed by atoms with Gasteiger partial charge >= 0.3 is 0 Å². The molecule has 2 heterocycles. The van der Waals surface area contributed by atoms with Gasteiger partial charge in [0, 0.05) is 19.6 Å². The fraction of sp³-hybridized carbons (Fsp3) is 0.421. The van der Waals surface area contributed by atoms with Gasteiger partial charge in [-0.2, -0.15) is 5.26 Å². The molecule has 25 heavy (non-hydrogen) atoms. The highest BCUT2D eigenvalue weighted by atomic mass is 16.3. The highest BCUT2D eigenvalue weighted by Gasteiger charge is 2.21. The molecule has 1 aromatic heterocycles. The quantitative estimate of drug-likeness (QED) is 0.875. The molecule has 0 unspecified atom stereocenters. The summed E-state index contributed by atoms with van der Waals surface area (Å²) in [5.74, 6) is 0.588. The summed E-state index contributed by atoms with van der Waals surface area (Å²) in [6.45, 7) is 3.50. The van der Waals surface area contributed by atoms with E-state index < -0.39 is 0 Å². The molecule has 1 aliphatic heterocycles. The SMILES string of the molecule is N#Cc1ccccc1CN1CCC[C@H](CCNC(=O)c2cnco2)C1. The Morgan fingerprint density at radius 1 is 1.44 bits per heavy atom. The Labute approximate surface area is 147 Å². The molecule has 0 spiro atoms. The molecular formula is C19H22N4O2. The van der Waals surface area contributed by atoms with Gasteiger partial charge in [0.25, 0.3) is 5.91 Å². The molecule has 1 saturated heterocycles. The first-order chi connectivity index (χ1) is 12.3. The Hall–Kier alpha value is -2.65. The monoisotopic (exact) mass is 338 g/mol. The Bertz CT molecular complexity index is 736. The lowest BCUT2D eigenvalue weighted by molar-refractivity contribution is 0.0918. The Morgan fingerprint density at radius 3 is 3.12 bits per heavy atom. The number of aromatic nitrogens is 1. The van der Waals surface area contributed by atoms with E-state index in [2.05, 4.69) is 21.3 Å². The molecule has 0 aliphatic carbocycles. The van der Waals surface area contributed by atoms with Crippen molar-refractivity contribution in [1.82, 2.24) is 15.2 Å². The summed E-state index contributed by atoms with van der Waals surface area (Å²) >= 11 is 0. The first-order valence-electron chi connectivity index (χ1n) is 8.63. The molecular weight excluding hydrogens is 316 g/mol. The first-order valence-corrected chi connectivity index (χ1v) is 8.63. The van der Waals surface area contributed by atoms with Crippen LogP contribution < -0.4 is 5.32 Å². The third kappa shape index (κ3) is 4.68. The number of amides is 1. The molecule has 6 nitrogen and oxygen atoms in total. The molecule has 6 heteroatoms. The van der Waals surface area contributed by atoms with Gasteiger partial charge < -0.3 is 9.73 Å². The van der Waals surface area contributed by atoms with Crippen molar-refractivity contribution in [3.05, 3.63) is 53.7 Å². The van der Waals surface area contributed by atoms with Crippen molar-refractivity contribution in [3.63, 3.8) is 0 Å². The van der Waals surface area contributed by atoms with Crippen LogP contribution in [0.15, 0.2) is 41.3 Å². The number of oxazole rings is 1. The Morgan fingerprint density at radius 2 is 2.32 bits per heavy atom. The summed E-state index contributed by atoms with van der Waals surface area (Å²) in [6, 6.07) is 10.1. The van der Waals surface area contributed by atoms with Gasteiger partial charge in [0.15, 0.2) is 6.39 Å². The minimum Gasteiger partial charge on any atom is -0.438 e. The van der Waals surface area contributed by atoms with Gasteiger partial charge in [-0.05, 0) is 43.4 Å². The zero-order valence-electron chi connectivity index (χ0n) is 14.1. The number of nitrogens with one attached hydrogen (secondary N) is 1. The number of carbonyl (C=O) groups is 1. The van der Waals surface area contributed by atoms with Gasteiger partial charge in [-0.1, -0.05) is 18.2 Å². The maximum Gasteiger partial charge on any atom is 0.288 e. The molecule has 1 atom stereocenters. The second-order valence-corrected chi connectivity index (χ2v) is 6.42. The number of hydrogen-bond acceptors (Lipinski definition) is 5. The summed E-state index contributed by atoms with van der Waals surface area (Å²) in [4.78, 5) is 18.0. The number of benzene rings is 1. The molecule has 0 bridgehead atoms. The van der Waals surface area contributed by atoms with Crippen LogP contribution in [0.5, 0.6) is 0 Å². The number of nitrogens with zero attached hydrogens (tertiary/aromatic N) is 3. The van der Waals surface area contributed by atoms with Crippen molar-refractivity contribution in [3.8, 4) is 6.07 Å². The van der Waals surface area contributed by atoms with Crippen LogP contribution in [0.1, 0.15) is 40.9 Å². The third-order valence-electron chi connectivity index (χ3n) is 4.63. The maximum atomic E-state index is 11.8. The molecule has 130 valence electrons. The van der Waals surface area contributed by atoms with Gasteiger partial charge in [0.2, 0.25) is 5.76 Å². The highest BCUT2D eigenvalue weighted by molar-refractivity contribution is 5.90. The second-order valence-electron chi connectivity index (χ2n) is 6.42. The largest absolute Gasteiger partial charge is 0.438 e. The standard InChI is InChI=1S/C19H22N4O2/c20-10-16-5-1-2-6-17(16)13-23-9-3-4-15(12-23)7-8-22-19(24)18-11-21-14-25-18/h1-2,5-6,11,14-15H,3-4,7-9,12-13H2,(H,22,24)/t15-/m1/s1. The summed E-state index contributed by atoms with van der Waals surface area (Å²) in [7, 11) is 0. The summed E-state index contributed by atoms with van der Waals surface area (Å²) in [6.07, 6.45) is 5.94. The van der Waals surface area contributed by atoms with Crippen LogP contribution in [0.3, 0.4) is 0 Å². The van der Waals surface area contributed by atoms with Crippen LogP contribution in [-0.2, 0) is 6.54 Å². The fourth-order valence-corrected chi connectivity index (χ4v) is 3.34. The van der Waals surface area contributed by atoms with E-state index in [1.165, 1.54) is 19.0 Å². The lowest BCUT2D eigenvalue weighted by Gasteiger charge is -2.33. The molecule has 1 aromatic carbocycles.